The highest BCUT2D eigenvalue weighted by Gasteiger charge is 2.16. The van der Waals surface area contributed by atoms with Gasteiger partial charge in [-0.3, -0.25) is 9.59 Å². The first kappa shape index (κ1) is 15.8. The molecule has 1 unspecified atom stereocenters. The van der Waals surface area contributed by atoms with Crippen molar-refractivity contribution in [2.75, 3.05) is 0 Å². The zero-order valence-corrected chi connectivity index (χ0v) is 12.8. The minimum Gasteiger partial charge on any atom is -0.350 e. The van der Waals surface area contributed by atoms with Crippen molar-refractivity contribution in [1.82, 2.24) is 10.6 Å². The van der Waals surface area contributed by atoms with Crippen molar-refractivity contribution < 1.29 is 9.59 Å². The average molecular weight is 296 g/mol. The fourth-order valence-corrected chi connectivity index (χ4v) is 2.07. The normalized spacial score (nSPS) is 11.5. The van der Waals surface area contributed by atoms with Crippen molar-refractivity contribution in [3.05, 3.63) is 71.3 Å². The van der Waals surface area contributed by atoms with Gasteiger partial charge in [0, 0.05) is 12.1 Å². The molecule has 2 aromatic carbocycles. The second kappa shape index (κ2) is 7.41. The van der Waals surface area contributed by atoms with Crippen LogP contribution in [-0.2, 0) is 11.3 Å². The molecule has 0 heterocycles. The molecule has 2 N–H and O–H groups in total. The van der Waals surface area contributed by atoms with Crippen LogP contribution < -0.4 is 10.6 Å². The molecule has 0 saturated carbocycles. The van der Waals surface area contributed by atoms with Gasteiger partial charge in [-0.1, -0.05) is 48.0 Å². The number of benzene rings is 2. The summed E-state index contributed by atoms with van der Waals surface area (Å²) < 4.78 is 0. The summed E-state index contributed by atoms with van der Waals surface area (Å²) in [5.74, 6) is -0.448. The highest BCUT2D eigenvalue weighted by atomic mass is 16.2. The smallest absolute Gasteiger partial charge is 0.251 e. The van der Waals surface area contributed by atoms with Crippen molar-refractivity contribution in [3.63, 3.8) is 0 Å². The van der Waals surface area contributed by atoms with Crippen LogP contribution >= 0.6 is 0 Å². The summed E-state index contributed by atoms with van der Waals surface area (Å²) in [5, 5.41) is 5.52. The molecule has 114 valence electrons. The van der Waals surface area contributed by atoms with Gasteiger partial charge in [0.15, 0.2) is 0 Å². The van der Waals surface area contributed by atoms with Gasteiger partial charge < -0.3 is 10.6 Å². The van der Waals surface area contributed by atoms with Gasteiger partial charge in [0.05, 0.1) is 0 Å². The molecule has 0 fully saturated rings. The Bertz CT molecular complexity index is 653. The van der Waals surface area contributed by atoms with E-state index in [2.05, 4.69) is 10.6 Å². The van der Waals surface area contributed by atoms with Crippen LogP contribution in [0.4, 0.5) is 0 Å². The van der Waals surface area contributed by atoms with Gasteiger partial charge >= 0.3 is 0 Å². The number of hydrogen-bond acceptors (Lipinski definition) is 2. The molecule has 0 saturated heterocycles. The summed E-state index contributed by atoms with van der Waals surface area (Å²) in [7, 11) is 0. The number of aryl methyl sites for hydroxylation is 1. The summed E-state index contributed by atoms with van der Waals surface area (Å²) in [6.45, 7) is 4.05. The largest absolute Gasteiger partial charge is 0.350 e. The monoisotopic (exact) mass is 296 g/mol. The molecular weight excluding hydrogens is 276 g/mol. The Balaban J connectivity index is 1.87. The average Bonchev–Trinajstić information content (AvgIpc) is 2.53. The van der Waals surface area contributed by atoms with Crippen LogP contribution in [0.15, 0.2) is 54.6 Å². The molecule has 0 radical (unpaired) electrons. The Hall–Kier alpha value is -2.62. The molecular formula is C18H20N2O2. The lowest BCUT2D eigenvalue weighted by atomic mass is 10.1. The number of nitrogens with one attached hydrogen (secondary N) is 2. The number of amides is 2. The molecule has 1 atom stereocenters. The van der Waals surface area contributed by atoms with Crippen LogP contribution in [0.5, 0.6) is 0 Å². The SMILES string of the molecule is Cc1cccc(C(=O)NC(C)C(=O)NCc2ccccc2)c1. The third-order valence-corrected chi connectivity index (χ3v) is 3.33. The lowest BCUT2D eigenvalue weighted by molar-refractivity contribution is -0.122. The maximum Gasteiger partial charge on any atom is 0.251 e. The van der Waals surface area contributed by atoms with E-state index >= 15 is 0 Å². The van der Waals surface area contributed by atoms with E-state index in [9.17, 15) is 9.59 Å². The number of carbonyl (C=O) groups excluding carboxylic acids is 2. The molecule has 2 rings (SSSR count). The van der Waals surface area contributed by atoms with E-state index in [0.717, 1.165) is 11.1 Å². The van der Waals surface area contributed by atoms with E-state index in [1.165, 1.54) is 0 Å². The molecule has 0 aromatic heterocycles. The summed E-state index contributed by atoms with van der Waals surface area (Å²) in [6.07, 6.45) is 0. The van der Waals surface area contributed by atoms with Gasteiger partial charge in [-0.05, 0) is 31.5 Å². The van der Waals surface area contributed by atoms with Crippen molar-refractivity contribution in [2.24, 2.45) is 0 Å². The van der Waals surface area contributed by atoms with Gasteiger partial charge in [-0.25, -0.2) is 0 Å². The minimum atomic E-state index is -0.586. The van der Waals surface area contributed by atoms with E-state index < -0.39 is 6.04 Å². The fourth-order valence-electron chi connectivity index (χ4n) is 2.07. The van der Waals surface area contributed by atoms with Gasteiger partial charge in [-0.2, -0.15) is 0 Å². The van der Waals surface area contributed by atoms with E-state index in [1.54, 1.807) is 19.1 Å². The molecule has 0 spiro atoms. The molecule has 22 heavy (non-hydrogen) atoms. The Morgan fingerprint density at radius 1 is 1.05 bits per heavy atom. The summed E-state index contributed by atoms with van der Waals surface area (Å²) in [5.41, 5.74) is 2.59. The zero-order chi connectivity index (χ0) is 15.9. The molecule has 0 aliphatic heterocycles. The summed E-state index contributed by atoms with van der Waals surface area (Å²) in [6, 6.07) is 16.3. The van der Waals surface area contributed by atoms with Crippen molar-refractivity contribution >= 4 is 11.8 Å². The van der Waals surface area contributed by atoms with Gasteiger partial charge in [0.2, 0.25) is 5.91 Å². The van der Waals surface area contributed by atoms with Gasteiger partial charge in [0.1, 0.15) is 6.04 Å². The number of rotatable bonds is 5. The Morgan fingerprint density at radius 2 is 1.77 bits per heavy atom. The predicted octanol–water partition coefficient (Wildman–Crippen LogP) is 2.43. The zero-order valence-electron chi connectivity index (χ0n) is 12.8. The maximum absolute atomic E-state index is 12.1. The molecule has 0 aliphatic carbocycles. The van der Waals surface area contributed by atoms with Crippen molar-refractivity contribution in [2.45, 2.75) is 26.4 Å². The fraction of sp³-hybridized carbons (Fsp3) is 0.222. The second-order valence-electron chi connectivity index (χ2n) is 5.27. The molecule has 2 amide bonds. The Labute approximate surface area is 130 Å². The maximum atomic E-state index is 12.1. The third kappa shape index (κ3) is 4.45. The van der Waals surface area contributed by atoms with Crippen LogP contribution in [-0.4, -0.2) is 17.9 Å². The minimum absolute atomic E-state index is 0.204. The first-order valence-corrected chi connectivity index (χ1v) is 7.25. The van der Waals surface area contributed by atoms with Crippen molar-refractivity contribution in [1.29, 1.82) is 0 Å². The van der Waals surface area contributed by atoms with Crippen molar-refractivity contribution in [3.8, 4) is 0 Å². The highest BCUT2D eigenvalue weighted by Crippen LogP contribution is 2.04. The van der Waals surface area contributed by atoms with Crippen LogP contribution in [0.25, 0.3) is 0 Å². The Morgan fingerprint density at radius 3 is 2.45 bits per heavy atom. The third-order valence-electron chi connectivity index (χ3n) is 3.33. The van der Waals surface area contributed by atoms with E-state index in [-0.39, 0.29) is 11.8 Å². The van der Waals surface area contributed by atoms with Crippen LogP contribution in [0.1, 0.15) is 28.4 Å². The molecule has 4 nitrogen and oxygen atoms in total. The summed E-state index contributed by atoms with van der Waals surface area (Å²) in [4.78, 5) is 24.1. The highest BCUT2D eigenvalue weighted by molar-refractivity contribution is 5.97. The lowest BCUT2D eigenvalue weighted by Crippen LogP contribution is -2.44. The van der Waals surface area contributed by atoms with Crippen LogP contribution in [0.2, 0.25) is 0 Å². The van der Waals surface area contributed by atoms with Gasteiger partial charge in [0.25, 0.3) is 5.91 Å². The molecule has 0 aliphatic rings. The molecule has 0 bridgehead atoms. The first-order valence-electron chi connectivity index (χ1n) is 7.25. The van der Waals surface area contributed by atoms with E-state index in [0.29, 0.717) is 12.1 Å². The summed E-state index contributed by atoms with van der Waals surface area (Å²) >= 11 is 0. The molecule has 4 heteroatoms. The molecule has 2 aromatic rings. The van der Waals surface area contributed by atoms with Gasteiger partial charge in [-0.15, -0.1) is 0 Å². The van der Waals surface area contributed by atoms with Crippen LogP contribution in [0, 0.1) is 6.92 Å². The number of carbonyl (C=O) groups is 2. The van der Waals surface area contributed by atoms with Crippen LogP contribution in [0.3, 0.4) is 0 Å². The first-order chi connectivity index (χ1) is 10.6. The van der Waals surface area contributed by atoms with E-state index in [1.807, 2.05) is 49.4 Å². The predicted molar refractivity (Wildman–Crippen MR) is 86.4 cm³/mol. The quantitative estimate of drug-likeness (QED) is 0.890. The van der Waals surface area contributed by atoms with E-state index in [4.69, 9.17) is 0 Å². The standard InChI is InChI=1S/C18H20N2O2/c1-13-7-6-10-16(11-13)18(22)20-14(2)17(21)19-12-15-8-4-3-5-9-15/h3-11,14H,12H2,1-2H3,(H,19,21)(H,20,22). The lowest BCUT2D eigenvalue weighted by Gasteiger charge is -2.14. The second-order valence-corrected chi connectivity index (χ2v) is 5.27. The number of hydrogen-bond donors (Lipinski definition) is 2. The Kier molecular flexibility index (Phi) is 5.31. The topological polar surface area (TPSA) is 58.2 Å².